The molecule has 0 radical (unpaired) electrons. The number of thiophene rings is 1. The molecule has 6 nitrogen and oxygen atoms in total. The van der Waals surface area contributed by atoms with Gasteiger partial charge >= 0.3 is 5.97 Å². The van der Waals surface area contributed by atoms with Gasteiger partial charge in [0.15, 0.2) is 11.7 Å². The van der Waals surface area contributed by atoms with Crippen molar-refractivity contribution in [3.05, 3.63) is 40.1 Å². The maximum Gasteiger partial charge on any atom is 0.349 e. The zero-order chi connectivity index (χ0) is 17.8. The Balaban J connectivity index is 1.60. The van der Waals surface area contributed by atoms with Crippen molar-refractivity contribution in [3.8, 4) is 5.75 Å². The van der Waals surface area contributed by atoms with Gasteiger partial charge in [-0.3, -0.25) is 10.1 Å². The summed E-state index contributed by atoms with van der Waals surface area (Å²) in [5.74, 6) is -0.156. The van der Waals surface area contributed by atoms with Crippen molar-refractivity contribution >= 4 is 49.9 Å². The van der Waals surface area contributed by atoms with Crippen LogP contribution in [-0.2, 0) is 9.53 Å². The molecule has 0 atom stereocenters. The minimum atomic E-state index is -0.492. The molecular formula is C17H16N2O4S2. The van der Waals surface area contributed by atoms with Gasteiger partial charge in [0.05, 0.1) is 16.8 Å². The van der Waals surface area contributed by atoms with Gasteiger partial charge in [-0.2, -0.15) is 0 Å². The van der Waals surface area contributed by atoms with Gasteiger partial charge in [0.2, 0.25) is 0 Å². The van der Waals surface area contributed by atoms with Crippen LogP contribution in [0.1, 0.15) is 22.2 Å². The first kappa shape index (κ1) is 17.4. The number of carbonyl (C=O) groups is 2. The lowest BCUT2D eigenvalue weighted by atomic mass is 10.3. The molecule has 25 heavy (non-hydrogen) atoms. The average molecular weight is 376 g/mol. The van der Waals surface area contributed by atoms with E-state index < -0.39 is 11.9 Å². The van der Waals surface area contributed by atoms with Gasteiger partial charge in [-0.25, -0.2) is 9.78 Å². The normalized spacial score (nSPS) is 10.6. The number of hydrogen-bond acceptors (Lipinski definition) is 7. The maximum absolute atomic E-state index is 12.0. The van der Waals surface area contributed by atoms with Gasteiger partial charge < -0.3 is 9.47 Å². The van der Waals surface area contributed by atoms with E-state index in [1.807, 2.05) is 43.5 Å². The molecule has 1 N–H and O–H groups in total. The summed E-state index contributed by atoms with van der Waals surface area (Å²) in [6.45, 7) is 3.98. The Kier molecular flexibility index (Phi) is 5.30. The van der Waals surface area contributed by atoms with Crippen LogP contribution < -0.4 is 10.1 Å². The zero-order valence-corrected chi connectivity index (χ0v) is 15.3. The van der Waals surface area contributed by atoms with E-state index in [-0.39, 0.29) is 6.61 Å². The second-order valence-electron chi connectivity index (χ2n) is 5.14. The molecule has 0 aliphatic carbocycles. The number of hydrogen-bond donors (Lipinski definition) is 1. The topological polar surface area (TPSA) is 77.5 Å². The standard InChI is InChI=1S/C17H16N2O4S2/c1-3-22-11-4-5-12-13(8-11)25-17(18-12)19-14(20)9-23-16(21)15-10(2)6-7-24-15/h4-8H,3,9H2,1-2H3,(H,18,19,20). The summed E-state index contributed by atoms with van der Waals surface area (Å²) in [5.41, 5.74) is 1.61. The van der Waals surface area contributed by atoms with Crippen LogP contribution in [0.25, 0.3) is 10.2 Å². The smallest absolute Gasteiger partial charge is 0.349 e. The molecule has 3 rings (SSSR count). The minimum absolute atomic E-state index is 0.351. The van der Waals surface area contributed by atoms with E-state index in [2.05, 4.69) is 10.3 Å². The number of nitrogens with zero attached hydrogens (tertiary/aromatic N) is 1. The molecule has 1 amide bonds. The summed E-state index contributed by atoms with van der Waals surface area (Å²) in [6.07, 6.45) is 0. The summed E-state index contributed by atoms with van der Waals surface area (Å²) < 4.78 is 11.4. The molecule has 3 aromatic rings. The van der Waals surface area contributed by atoms with Crippen LogP contribution in [0.4, 0.5) is 5.13 Å². The Bertz CT molecular complexity index is 916. The number of benzene rings is 1. The predicted octanol–water partition coefficient (Wildman–Crippen LogP) is 3.86. The zero-order valence-electron chi connectivity index (χ0n) is 13.7. The highest BCUT2D eigenvalue weighted by Gasteiger charge is 2.15. The molecule has 0 unspecified atom stereocenters. The summed E-state index contributed by atoms with van der Waals surface area (Å²) in [6, 6.07) is 7.39. The van der Waals surface area contributed by atoms with Gasteiger partial charge in [0, 0.05) is 0 Å². The number of thiazole rings is 1. The lowest BCUT2D eigenvalue weighted by Crippen LogP contribution is -2.20. The van der Waals surface area contributed by atoms with Crippen molar-refractivity contribution in [2.75, 3.05) is 18.5 Å². The lowest BCUT2D eigenvalue weighted by Gasteiger charge is -2.03. The van der Waals surface area contributed by atoms with E-state index >= 15 is 0 Å². The van der Waals surface area contributed by atoms with E-state index in [1.165, 1.54) is 22.7 Å². The van der Waals surface area contributed by atoms with Gasteiger partial charge in [0.1, 0.15) is 10.6 Å². The Labute approximate surface area is 152 Å². The van der Waals surface area contributed by atoms with Gasteiger partial charge in [0.25, 0.3) is 5.91 Å². The summed E-state index contributed by atoms with van der Waals surface area (Å²) >= 11 is 2.63. The Hall–Kier alpha value is -2.45. The van der Waals surface area contributed by atoms with Crippen LogP contribution >= 0.6 is 22.7 Å². The van der Waals surface area contributed by atoms with E-state index in [9.17, 15) is 9.59 Å². The summed E-state index contributed by atoms with van der Waals surface area (Å²) in [7, 11) is 0. The number of esters is 1. The quantitative estimate of drug-likeness (QED) is 0.661. The molecule has 0 aliphatic heterocycles. The van der Waals surface area contributed by atoms with Crippen molar-refractivity contribution in [1.29, 1.82) is 0 Å². The number of aryl methyl sites for hydroxylation is 1. The highest BCUT2D eigenvalue weighted by atomic mass is 32.1. The number of amides is 1. The second kappa shape index (κ2) is 7.62. The number of aromatic nitrogens is 1. The SMILES string of the molecule is CCOc1ccc2nc(NC(=O)COC(=O)c3sccc3C)sc2c1. The summed E-state index contributed by atoms with van der Waals surface area (Å²) in [5, 5.41) is 4.92. The van der Waals surface area contributed by atoms with Crippen molar-refractivity contribution < 1.29 is 19.1 Å². The highest BCUT2D eigenvalue weighted by molar-refractivity contribution is 7.22. The van der Waals surface area contributed by atoms with Gasteiger partial charge in [-0.05, 0) is 49.1 Å². The van der Waals surface area contributed by atoms with Gasteiger partial charge in [-0.15, -0.1) is 11.3 Å². The Morgan fingerprint density at radius 2 is 2.12 bits per heavy atom. The molecule has 2 aromatic heterocycles. The van der Waals surface area contributed by atoms with E-state index in [4.69, 9.17) is 9.47 Å². The fourth-order valence-corrected chi connectivity index (χ4v) is 3.88. The fraction of sp³-hybridized carbons (Fsp3) is 0.235. The first-order valence-corrected chi connectivity index (χ1v) is 9.31. The fourth-order valence-electron chi connectivity index (χ4n) is 2.15. The van der Waals surface area contributed by atoms with Crippen LogP contribution in [0.3, 0.4) is 0 Å². The van der Waals surface area contributed by atoms with Crippen LogP contribution in [0.2, 0.25) is 0 Å². The number of fused-ring (bicyclic) bond motifs is 1. The number of ether oxygens (including phenoxy) is 2. The van der Waals surface area contributed by atoms with E-state index in [0.29, 0.717) is 16.6 Å². The molecule has 130 valence electrons. The largest absolute Gasteiger partial charge is 0.494 e. The number of nitrogens with one attached hydrogen (secondary N) is 1. The molecule has 0 aliphatic rings. The van der Waals surface area contributed by atoms with Crippen molar-refractivity contribution in [2.45, 2.75) is 13.8 Å². The van der Waals surface area contributed by atoms with Gasteiger partial charge in [-0.1, -0.05) is 11.3 Å². The molecule has 0 bridgehead atoms. The average Bonchev–Trinajstić information content (AvgIpc) is 3.18. The number of carbonyl (C=O) groups excluding carboxylic acids is 2. The first-order valence-electron chi connectivity index (χ1n) is 7.61. The molecule has 0 fully saturated rings. The van der Waals surface area contributed by atoms with Crippen LogP contribution in [-0.4, -0.2) is 30.1 Å². The number of rotatable bonds is 6. The first-order chi connectivity index (χ1) is 12.1. The van der Waals surface area contributed by atoms with Crippen molar-refractivity contribution in [3.63, 3.8) is 0 Å². The molecular weight excluding hydrogens is 360 g/mol. The van der Waals surface area contributed by atoms with Crippen LogP contribution in [0.15, 0.2) is 29.6 Å². The third-order valence-corrected chi connectivity index (χ3v) is 5.23. The molecule has 0 spiro atoms. The summed E-state index contributed by atoms with van der Waals surface area (Å²) in [4.78, 5) is 28.7. The van der Waals surface area contributed by atoms with Crippen LogP contribution in [0.5, 0.6) is 5.75 Å². The molecule has 8 heteroatoms. The third kappa shape index (κ3) is 4.15. The lowest BCUT2D eigenvalue weighted by molar-refractivity contribution is -0.119. The molecule has 0 saturated heterocycles. The third-order valence-electron chi connectivity index (χ3n) is 3.30. The van der Waals surface area contributed by atoms with E-state index in [1.54, 1.807) is 0 Å². The van der Waals surface area contributed by atoms with Crippen molar-refractivity contribution in [1.82, 2.24) is 4.98 Å². The van der Waals surface area contributed by atoms with Crippen LogP contribution in [0, 0.1) is 6.92 Å². The molecule has 0 saturated carbocycles. The maximum atomic E-state index is 12.0. The second-order valence-corrected chi connectivity index (χ2v) is 7.09. The minimum Gasteiger partial charge on any atom is -0.494 e. The van der Waals surface area contributed by atoms with Crippen molar-refractivity contribution in [2.24, 2.45) is 0 Å². The Morgan fingerprint density at radius 1 is 1.28 bits per heavy atom. The molecule has 1 aromatic carbocycles. The van der Waals surface area contributed by atoms with E-state index in [0.717, 1.165) is 21.5 Å². The monoisotopic (exact) mass is 376 g/mol. The Morgan fingerprint density at radius 3 is 2.84 bits per heavy atom. The number of anilines is 1. The molecule has 2 heterocycles. The predicted molar refractivity (Wildman–Crippen MR) is 98.8 cm³/mol. The highest BCUT2D eigenvalue weighted by Crippen LogP contribution is 2.29.